The van der Waals surface area contributed by atoms with E-state index in [0.717, 1.165) is 0 Å². The van der Waals surface area contributed by atoms with E-state index in [0.29, 0.717) is 0 Å². The Balaban J connectivity index is 4.94. The molecule has 0 saturated heterocycles. The Morgan fingerprint density at radius 2 is 1.64 bits per heavy atom. The second-order valence-electron chi connectivity index (χ2n) is 3.99. The minimum Gasteiger partial charge on any atom is -0.451 e. The van der Waals surface area contributed by atoms with Crippen molar-refractivity contribution in [3.05, 3.63) is 25.3 Å². The van der Waals surface area contributed by atoms with Gasteiger partial charge in [0, 0.05) is 6.08 Å². The number of hydrogen-bond acceptors (Lipinski definition) is 2. The summed E-state index contributed by atoms with van der Waals surface area (Å²) in [5, 5.41) is 0. The summed E-state index contributed by atoms with van der Waals surface area (Å²) < 4.78 is 5.38. The van der Waals surface area contributed by atoms with E-state index >= 15 is 0 Å². The third-order valence-corrected chi connectivity index (χ3v) is 2.57. The van der Waals surface area contributed by atoms with Crippen molar-refractivity contribution < 1.29 is 9.53 Å². The summed E-state index contributed by atoms with van der Waals surface area (Å²) in [7, 11) is 0. The first kappa shape index (κ1) is 12.9. The van der Waals surface area contributed by atoms with E-state index in [2.05, 4.69) is 13.2 Å². The summed E-state index contributed by atoms with van der Waals surface area (Å²) in [6, 6.07) is 0. The predicted molar refractivity (Wildman–Crippen MR) is 58.9 cm³/mol. The highest BCUT2D eigenvalue weighted by Crippen LogP contribution is 2.31. The lowest BCUT2D eigenvalue weighted by atomic mass is 9.80. The molecule has 0 saturated carbocycles. The molecular formula is C12H20O2. The van der Waals surface area contributed by atoms with Crippen LogP contribution < -0.4 is 0 Å². The van der Waals surface area contributed by atoms with Crippen molar-refractivity contribution in [1.82, 2.24) is 0 Å². The van der Waals surface area contributed by atoms with Crippen molar-refractivity contribution in [2.75, 3.05) is 0 Å². The fraction of sp³-hybridized carbons (Fsp3) is 0.583. The summed E-state index contributed by atoms with van der Waals surface area (Å²) in [6.45, 7) is 15.2. The first-order chi connectivity index (χ1) is 6.40. The molecule has 0 aromatic heterocycles. The molecule has 0 N–H and O–H groups in total. The van der Waals surface area contributed by atoms with Gasteiger partial charge in [-0.15, -0.1) is 0 Å². The molecule has 0 aliphatic heterocycles. The van der Waals surface area contributed by atoms with Gasteiger partial charge in [0.05, 0.1) is 0 Å². The van der Waals surface area contributed by atoms with Crippen LogP contribution in [0.3, 0.4) is 0 Å². The van der Waals surface area contributed by atoms with E-state index in [1.807, 2.05) is 27.7 Å². The van der Waals surface area contributed by atoms with E-state index in [-0.39, 0.29) is 11.8 Å². The van der Waals surface area contributed by atoms with Crippen molar-refractivity contribution in [1.29, 1.82) is 0 Å². The molecular weight excluding hydrogens is 176 g/mol. The first-order valence-corrected chi connectivity index (χ1v) is 4.89. The number of rotatable bonds is 5. The van der Waals surface area contributed by atoms with Crippen LogP contribution in [0.15, 0.2) is 25.3 Å². The van der Waals surface area contributed by atoms with Gasteiger partial charge in [-0.3, -0.25) is 0 Å². The van der Waals surface area contributed by atoms with Crippen molar-refractivity contribution >= 4 is 5.97 Å². The zero-order valence-corrected chi connectivity index (χ0v) is 9.54. The monoisotopic (exact) mass is 196 g/mol. The molecule has 0 aromatic carbocycles. The van der Waals surface area contributed by atoms with Gasteiger partial charge < -0.3 is 4.74 Å². The highest BCUT2D eigenvalue weighted by atomic mass is 16.6. The molecule has 80 valence electrons. The Bertz CT molecular complexity index is 218. The number of carbonyl (C=O) groups excluding carboxylic acids is 1. The van der Waals surface area contributed by atoms with Gasteiger partial charge in [0.1, 0.15) is 5.60 Å². The van der Waals surface area contributed by atoms with Gasteiger partial charge in [-0.1, -0.05) is 40.9 Å². The standard InChI is InChI=1S/C12H20O2/c1-7-11(13)14-12(8-2,9(3)4)10(5)6/h7-10H,1-2H2,3-6H3. The van der Waals surface area contributed by atoms with Crippen LogP contribution >= 0.6 is 0 Å². The zero-order chi connectivity index (χ0) is 11.4. The van der Waals surface area contributed by atoms with Crippen LogP contribution in [-0.2, 0) is 9.53 Å². The van der Waals surface area contributed by atoms with Crippen LogP contribution in [0, 0.1) is 11.8 Å². The molecule has 0 bridgehead atoms. The smallest absolute Gasteiger partial charge is 0.331 e. The Morgan fingerprint density at radius 3 is 1.86 bits per heavy atom. The van der Waals surface area contributed by atoms with Crippen molar-refractivity contribution in [3.63, 3.8) is 0 Å². The lowest BCUT2D eigenvalue weighted by Crippen LogP contribution is -2.43. The van der Waals surface area contributed by atoms with Crippen LogP contribution in [0.4, 0.5) is 0 Å². The van der Waals surface area contributed by atoms with E-state index in [1.54, 1.807) is 6.08 Å². The number of carbonyl (C=O) groups is 1. The summed E-state index contributed by atoms with van der Waals surface area (Å²) in [4.78, 5) is 11.2. The largest absolute Gasteiger partial charge is 0.451 e. The molecule has 0 spiro atoms. The zero-order valence-electron chi connectivity index (χ0n) is 9.54. The quantitative estimate of drug-likeness (QED) is 0.384. The lowest BCUT2D eigenvalue weighted by Gasteiger charge is -2.37. The Morgan fingerprint density at radius 1 is 1.21 bits per heavy atom. The molecule has 0 fully saturated rings. The first-order valence-electron chi connectivity index (χ1n) is 4.89. The highest BCUT2D eigenvalue weighted by Gasteiger charge is 2.37. The van der Waals surface area contributed by atoms with Crippen LogP contribution in [0.5, 0.6) is 0 Å². The molecule has 2 nitrogen and oxygen atoms in total. The predicted octanol–water partition coefficient (Wildman–Crippen LogP) is 2.95. The molecule has 0 radical (unpaired) electrons. The van der Waals surface area contributed by atoms with Gasteiger partial charge in [-0.2, -0.15) is 0 Å². The van der Waals surface area contributed by atoms with Gasteiger partial charge >= 0.3 is 5.97 Å². The third-order valence-electron chi connectivity index (χ3n) is 2.57. The number of esters is 1. The summed E-state index contributed by atoms with van der Waals surface area (Å²) in [5.74, 6) is 0.0000926. The molecule has 14 heavy (non-hydrogen) atoms. The minimum atomic E-state index is -0.592. The fourth-order valence-corrected chi connectivity index (χ4v) is 1.63. The van der Waals surface area contributed by atoms with Gasteiger partial charge in [0.2, 0.25) is 0 Å². The number of ether oxygens (including phenoxy) is 1. The summed E-state index contributed by atoms with van der Waals surface area (Å²) >= 11 is 0. The third kappa shape index (κ3) is 2.47. The maximum atomic E-state index is 11.2. The molecule has 0 heterocycles. The highest BCUT2D eigenvalue weighted by molar-refractivity contribution is 5.81. The molecule has 0 unspecified atom stereocenters. The van der Waals surface area contributed by atoms with E-state index < -0.39 is 11.6 Å². The Kier molecular flexibility index (Phi) is 4.61. The van der Waals surface area contributed by atoms with E-state index in [1.165, 1.54) is 6.08 Å². The van der Waals surface area contributed by atoms with Crippen molar-refractivity contribution in [2.24, 2.45) is 11.8 Å². The molecule has 0 aliphatic carbocycles. The number of hydrogen-bond donors (Lipinski definition) is 0. The molecule has 0 aromatic rings. The van der Waals surface area contributed by atoms with Crippen molar-refractivity contribution in [3.8, 4) is 0 Å². The van der Waals surface area contributed by atoms with Crippen LogP contribution in [0.2, 0.25) is 0 Å². The topological polar surface area (TPSA) is 26.3 Å². The maximum Gasteiger partial charge on any atom is 0.331 e. The van der Waals surface area contributed by atoms with Gasteiger partial charge in [0.15, 0.2) is 0 Å². The molecule has 0 amide bonds. The molecule has 0 aliphatic rings. The Hall–Kier alpha value is -1.05. The summed E-state index contributed by atoms with van der Waals surface area (Å²) in [5.41, 5.74) is -0.592. The molecule has 2 heteroatoms. The Labute approximate surface area is 86.6 Å². The minimum absolute atomic E-state index is 0.198. The van der Waals surface area contributed by atoms with E-state index in [9.17, 15) is 4.79 Å². The average molecular weight is 196 g/mol. The van der Waals surface area contributed by atoms with E-state index in [4.69, 9.17) is 4.74 Å². The normalized spacial score (nSPS) is 11.6. The molecule has 0 atom stereocenters. The van der Waals surface area contributed by atoms with Crippen LogP contribution in [-0.4, -0.2) is 11.6 Å². The lowest BCUT2D eigenvalue weighted by molar-refractivity contribution is -0.157. The molecule has 0 rings (SSSR count). The maximum absolute atomic E-state index is 11.2. The van der Waals surface area contributed by atoms with Crippen LogP contribution in [0.25, 0.3) is 0 Å². The van der Waals surface area contributed by atoms with Crippen LogP contribution in [0.1, 0.15) is 27.7 Å². The van der Waals surface area contributed by atoms with Gasteiger partial charge in [-0.25, -0.2) is 4.79 Å². The SMILES string of the molecule is C=CC(=O)OC(C=C)(C(C)C)C(C)C. The fourth-order valence-electron chi connectivity index (χ4n) is 1.63. The average Bonchev–Trinajstić information content (AvgIpc) is 2.12. The second kappa shape index (κ2) is 4.99. The van der Waals surface area contributed by atoms with Crippen molar-refractivity contribution in [2.45, 2.75) is 33.3 Å². The van der Waals surface area contributed by atoms with Gasteiger partial charge in [-0.05, 0) is 17.9 Å². The summed E-state index contributed by atoms with van der Waals surface area (Å²) in [6.07, 6.45) is 2.90. The van der Waals surface area contributed by atoms with Gasteiger partial charge in [0.25, 0.3) is 0 Å². The second-order valence-corrected chi connectivity index (χ2v) is 3.99.